The first-order valence-electron chi connectivity index (χ1n) is 6.86. The molecule has 0 bridgehead atoms. The van der Waals surface area contributed by atoms with Crippen LogP contribution in [-0.4, -0.2) is 17.3 Å². The van der Waals surface area contributed by atoms with E-state index >= 15 is 0 Å². The van der Waals surface area contributed by atoms with Crippen molar-refractivity contribution in [3.8, 4) is 0 Å². The van der Waals surface area contributed by atoms with Crippen LogP contribution in [0.5, 0.6) is 0 Å². The molecule has 1 amide bonds. The summed E-state index contributed by atoms with van der Waals surface area (Å²) in [5.74, 6) is 0.778. The van der Waals surface area contributed by atoms with Crippen LogP contribution in [0.15, 0.2) is 0 Å². The lowest BCUT2D eigenvalue weighted by molar-refractivity contribution is -0.133. The van der Waals surface area contributed by atoms with E-state index in [1.165, 1.54) is 19.3 Å². The molecule has 0 aromatic heterocycles. The van der Waals surface area contributed by atoms with Gasteiger partial charge in [-0.2, -0.15) is 0 Å². The number of carbonyl (C=O) groups excluding carboxylic acids is 1. The zero-order valence-electron chi connectivity index (χ0n) is 11.4. The predicted molar refractivity (Wildman–Crippen MR) is 76.4 cm³/mol. The molecule has 100 valence electrons. The Labute approximate surface area is 114 Å². The minimum Gasteiger partial charge on any atom is -0.353 e. The molecule has 0 aromatic carbocycles. The Bertz CT molecular complexity index is 247. The van der Waals surface area contributed by atoms with Crippen LogP contribution in [0.1, 0.15) is 59.3 Å². The number of carbonyl (C=O) groups is 1. The highest BCUT2D eigenvalue weighted by Gasteiger charge is 2.35. The zero-order chi connectivity index (χ0) is 12.9. The van der Waals surface area contributed by atoms with Gasteiger partial charge in [-0.15, -0.1) is 0 Å². The fourth-order valence-corrected chi connectivity index (χ4v) is 3.08. The third-order valence-corrected chi connectivity index (χ3v) is 4.50. The molecule has 1 unspecified atom stereocenters. The third kappa shape index (κ3) is 4.27. The minimum absolute atomic E-state index is 0.113. The van der Waals surface area contributed by atoms with Gasteiger partial charge in [-0.25, -0.2) is 0 Å². The summed E-state index contributed by atoms with van der Waals surface area (Å²) >= 11 is 3.47. The van der Waals surface area contributed by atoms with Gasteiger partial charge in [-0.05, 0) is 25.2 Å². The maximum absolute atomic E-state index is 12.4. The number of halogens is 1. The van der Waals surface area contributed by atoms with E-state index in [4.69, 9.17) is 0 Å². The molecule has 17 heavy (non-hydrogen) atoms. The molecular formula is C14H26BrNO. The van der Waals surface area contributed by atoms with Crippen LogP contribution in [0.4, 0.5) is 0 Å². The highest BCUT2D eigenvalue weighted by atomic mass is 79.9. The second kappa shape index (κ2) is 6.77. The fourth-order valence-electron chi connectivity index (χ4n) is 2.59. The molecule has 1 fully saturated rings. The van der Waals surface area contributed by atoms with E-state index in [2.05, 4.69) is 42.0 Å². The van der Waals surface area contributed by atoms with Crippen LogP contribution < -0.4 is 5.32 Å². The lowest BCUT2D eigenvalue weighted by Gasteiger charge is -2.34. The van der Waals surface area contributed by atoms with Crippen LogP contribution in [-0.2, 0) is 4.79 Å². The summed E-state index contributed by atoms with van der Waals surface area (Å²) in [5.41, 5.74) is -0.113. The normalized spacial score (nSPS) is 21.2. The molecule has 2 nitrogen and oxygen atoms in total. The predicted octanol–water partition coefficient (Wildman–Crippen LogP) is 3.88. The quantitative estimate of drug-likeness (QED) is 0.767. The van der Waals surface area contributed by atoms with Crippen molar-refractivity contribution < 1.29 is 4.79 Å². The van der Waals surface area contributed by atoms with Crippen molar-refractivity contribution >= 4 is 21.8 Å². The summed E-state index contributed by atoms with van der Waals surface area (Å²) < 4.78 is 0. The van der Waals surface area contributed by atoms with Crippen molar-refractivity contribution in [2.45, 2.75) is 65.3 Å². The highest BCUT2D eigenvalue weighted by molar-refractivity contribution is 9.09. The van der Waals surface area contributed by atoms with E-state index in [-0.39, 0.29) is 11.3 Å². The van der Waals surface area contributed by atoms with E-state index < -0.39 is 0 Å². The Balaban J connectivity index is 2.56. The van der Waals surface area contributed by atoms with Gasteiger partial charge in [-0.1, -0.05) is 56.0 Å². The molecule has 0 saturated heterocycles. The number of alkyl halides is 1. The van der Waals surface area contributed by atoms with Crippen molar-refractivity contribution in [1.82, 2.24) is 5.32 Å². The van der Waals surface area contributed by atoms with E-state index in [1.807, 2.05) is 0 Å². The van der Waals surface area contributed by atoms with E-state index in [0.29, 0.717) is 12.0 Å². The van der Waals surface area contributed by atoms with E-state index in [9.17, 15) is 4.79 Å². The first kappa shape index (κ1) is 15.0. The Kier molecular flexibility index (Phi) is 5.98. The molecule has 1 aliphatic rings. The number of hydrogen-bond acceptors (Lipinski definition) is 1. The Morgan fingerprint density at radius 1 is 1.29 bits per heavy atom. The number of nitrogens with one attached hydrogen (secondary N) is 1. The topological polar surface area (TPSA) is 29.1 Å². The summed E-state index contributed by atoms with van der Waals surface area (Å²) in [4.78, 5) is 12.4. The number of rotatable bonds is 5. The maximum Gasteiger partial charge on any atom is 0.226 e. The number of amides is 1. The van der Waals surface area contributed by atoms with Gasteiger partial charge in [0.2, 0.25) is 5.91 Å². The average Bonchev–Trinajstić information content (AvgIpc) is 2.29. The molecule has 0 aromatic rings. The van der Waals surface area contributed by atoms with Gasteiger partial charge in [0.15, 0.2) is 0 Å². The summed E-state index contributed by atoms with van der Waals surface area (Å²) in [6, 6.07) is 0.306. The number of hydrogen-bond donors (Lipinski definition) is 1. The third-order valence-electron chi connectivity index (χ3n) is 4.05. The summed E-state index contributed by atoms with van der Waals surface area (Å²) in [6.07, 6.45) is 6.82. The van der Waals surface area contributed by atoms with Gasteiger partial charge in [0.05, 0.1) is 0 Å². The van der Waals surface area contributed by atoms with Crippen molar-refractivity contribution in [3.05, 3.63) is 0 Å². The molecule has 0 radical (unpaired) electrons. The zero-order valence-corrected chi connectivity index (χ0v) is 13.0. The fraction of sp³-hybridized carbons (Fsp3) is 0.929. The van der Waals surface area contributed by atoms with Crippen molar-refractivity contribution in [2.24, 2.45) is 11.3 Å². The molecular weight excluding hydrogens is 278 g/mol. The van der Waals surface area contributed by atoms with Crippen LogP contribution in [0.2, 0.25) is 0 Å². The molecule has 1 atom stereocenters. The first-order valence-corrected chi connectivity index (χ1v) is 7.98. The van der Waals surface area contributed by atoms with Gasteiger partial charge >= 0.3 is 0 Å². The first-order chi connectivity index (χ1) is 7.99. The second-order valence-electron chi connectivity index (χ2n) is 5.92. The summed E-state index contributed by atoms with van der Waals surface area (Å²) in [7, 11) is 0. The molecule has 0 aliphatic heterocycles. The SMILES string of the molecule is CC(C)C(CCBr)NC(=O)C1(C)CCCCC1. The van der Waals surface area contributed by atoms with E-state index in [0.717, 1.165) is 24.6 Å². The maximum atomic E-state index is 12.4. The molecule has 0 heterocycles. The summed E-state index contributed by atoms with van der Waals surface area (Å²) in [5, 5.41) is 4.21. The Morgan fingerprint density at radius 2 is 1.88 bits per heavy atom. The largest absolute Gasteiger partial charge is 0.353 e. The van der Waals surface area contributed by atoms with Gasteiger partial charge in [0.1, 0.15) is 0 Å². The van der Waals surface area contributed by atoms with Gasteiger partial charge in [0, 0.05) is 16.8 Å². The van der Waals surface area contributed by atoms with Gasteiger partial charge in [0.25, 0.3) is 0 Å². The molecule has 3 heteroatoms. The molecule has 1 aliphatic carbocycles. The van der Waals surface area contributed by atoms with Crippen molar-refractivity contribution in [2.75, 3.05) is 5.33 Å². The molecule has 1 N–H and O–H groups in total. The summed E-state index contributed by atoms with van der Waals surface area (Å²) in [6.45, 7) is 6.49. The van der Waals surface area contributed by atoms with Gasteiger partial charge in [-0.3, -0.25) is 4.79 Å². The lowest BCUT2D eigenvalue weighted by Crippen LogP contribution is -2.47. The standard InChI is InChI=1S/C14H26BrNO/c1-11(2)12(7-10-15)16-13(17)14(3)8-5-4-6-9-14/h11-12H,4-10H2,1-3H3,(H,16,17). The Hall–Kier alpha value is -0.0500. The van der Waals surface area contributed by atoms with E-state index in [1.54, 1.807) is 0 Å². The molecule has 0 spiro atoms. The highest BCUT2D eigenvalue weighted by Crippen LogP contribution is 2.36. The monoisotopic (exact) mass is 303 g/mol. The average molecular weight is 304 g/mol. The van der Waals surface area contributed by atoms with Crippen molar-refractivity contribution in [1.29, 1.82) is 0 Å². The Morgan fingerprint density at radius 3 is 2.35 bits per heavy atom. The van der Waals surface area contributed by atoms with Gasteiger partial charge < -0.3 is 5.32 Å². The van der Waals surface area contributed by atoms with Crippen LogP contribution >= 0.6 is 15.9 Å². The lowest BCUT2D eigenvalue weighted by atomic mass is 9.75. The van der Waals surface area contributed by atoms with Crippen LogP contribution in [0.3, 0.4) is 0 Å². The van der Waals surface area contributed by atoms with Crippen molar-refractivity contribution in [3.63, 3.8) is 0 Å². The minimum atomic E-state index is -0.113. The van der Waals surface area contributed by atoms with Crippen LogP contribution in [0.25, 0.3) is 0 Å². The molecule has 1 rings (SSSR count). The molecule has 1 saturated carbocycles. The smallest absolute Gasteiger partial charge is 0.226 e. The second-order valence-corrected chi connectivity index (χ2v) is 6.72. The van der Waals surface area contributed by atoms with Crippen LogP contribution in [0, 0.1) is 11.3 Å².